The topological polar surface area (TPSA) is 26.3 Å². The molecule has 0 unspecified atom stereocenters. The summed E-state index contributed by atoms with van der Waals surface area (Å²) in [7, 11) is -1.55. The molecule has 0 saturated heterocycles. The predicted octanol–water partition coefficient (Wildman–Crippen LogP) is 4.21. The van der Waals surface area contributed by atoms with E-state index < -0.39 is 8.07 Å². The summed E-state index contributed by atoms with van der Waals surface area (Å²) < 4.78 is 5.15. The molecule has 21 heavy (non-hydrogen) atoms. The second kappa shape index (κ2) is 7.28. The van der Waals surface area contributed by atoms with Gasteiger partial charge in [0.15, 0.2) is 0 Å². The number of esters is 1. The van der Waals surface area contributed by atoms with Gasteiger partial charge in [-0.25, -0.2) is 4.79 Å². The Morgan fingerprint density at radius 2 is 1.76 bits per heavy atom. The molecular formula is C18H24O2Si. The first-order valence-corrected chi connectivity index (χ1v) is 10.7. The van der Waals surface area contributed by atoms with Crippen LogP contribution in [-0.4, -0.2) is 20.7 Å². The van der Waals surface area contributed by atoms with Crippen molar-refractivity contribution in [3.05, 3.63) is 41.0 Å². The first kappa shape index (κ1) is 17.3. The summed E-state index contributed by atoms with van der Waals surface area (Å²) in [5.74, 6) is 2.74. The van der Waals surface area contributed by atoms with Crippen LogP contribution in [0.25, 0.3) is 5.57 Å². The highest BCUT2D eigenvalue weighted by molar-refractivity contribution is 6.84. The van der Waals surface area contributed by atoms with E-state index in [0.29, 0.717) is 12.2 Å². The third kappa shape index (κ3) is 5.61. The molecule has 0 aliphatic heterocycles. The van der Waals surface area contributed by atoms with Crippen molar-refractivity contribution in [3.8, 4) is 11.5 Å². The number of hydrogen-bond donors (Lipinski definition) is 0. The van der Waals surface area contributed by atoms with Gasteiger partial charge in [-0.2, -0.15) is 0 Å². The highest BCUT2D eigenvalue weighted by Gasteiger charge is 2.15. The second-order valence-corrected chi connectivity index (χ2v) is 10.8. The third-order valence-corrected chi connectivity index (χ3v) is 3.78. The van der Waals surface area contributed by atoms with E-state index in [2.05, 4.69) is 31.1 Å². The average Bonchev–Trinajstić information content (AvgIpc) is 2.38. The van der Waals surface area contributed by atoms with Crippen molar-refractivity contribution < 1.29 is 9.53 Å². The van der Waals surface area contributed by atoms with Gasteiger partial charge in [-0.15, -0.1) is 5.54 Å². The maximum atomic E-state index is 12.2. The molecule has 0 aliphatic rings. The SMILES string of the molecule is CCOC(=O)/C(C#C[Si](C)(C)C)=C(\C)c1ccc(C)cc1. The minimum absolute atomic E-state index is 0.332. The molecule has 1 aromatic rings. The molecule has 0 amide bonds. The number of rotatable bonds is 3. The van der Waals surface area contributed by atoms with E-state index in [1.807, 2.05) is 45.0 Å². The van der Waals surface area contributed by atoms with E-state index in [-0.39, 0.29) is 5.97 Å². The van der Waals surface area contributed by atoms with E-state index in [9.17, 15) is 4.79 Å². The summed E-state index contributed by atoms with van der Waals surface area (Å²) in [6, 6.07) is 8.10. The number of carbonyl (C=O) groups excluding carboxylic acids is 1. The summed E-state index contributed by atoms with van der Waals surface area (Å²) in [4.78, 5) is 12.2. The standard InChI is InChI=1S/C18H24O2Si/c1-7-20-18(19)17(12-13-21(4,5)6)15(3)16-10-8-14(2)9-11-16/h8-11H,7H2,1-6H3/b17-15+. The van der Waals surface area contributed by atoms with E-state index in [4.69, 9.17) is 4.74 Å². The number of allylic oxidation sites excluding steroid dienone is 1. The molecule has 3 heteroatoms. The Morgan fingerprint density at radius 3 is 2.24 bits per heavy atom. The highest BCUT2D eigenvalue weighted by Crippen LogP contribution is 2.20. The Kier molecular flexibility index (Phi) is 5.99. The van der Waals surface area contributed by atoms with Gasteiger partial charge in [-0.3, -0.25) is 0 Å². The molecule has 0 bridgehead atoms. The van der Waals surface area contributed by atoms with Crippen LogP contribution in [0.4, 0.5) is 0 Å². The molecule has 0 fully saturated rings. The quantitative estimate of drug-likeness (QED) is 0.362. The predicted molar refractivity (Wildman–Crippen MR) is 91.5 cm³/mol. The summed E-state index contributed by atoms with van der Waals surface area (Å²) in [6.45, 7) is 12.6. The van der Waals surface area contributed by atoms with Gasteiger partial charge in [0.1, 0.15) is 13.6 Å². The number of aryl methyl sites for hydroxylation is 1. The van der Waals surface area contributed by atoms with Crippen LogP contribution in [0, 0.1) is 18.4 Å². The lowest BCUT2D eigenvalue weighted by Crippen LogP contribution is -2.17. The van der Waals surface area contributed by atoms with Crippen LogP contribution >= 0.6 is 0 Å². The van der Waals surface area contributed by atoms with Crippen molar-refractivity contribution in [1.29, 1.82) is 0 Å². The van der Waals surface area contributed by atoms with Crippen LogP contribution in [0.15, 0.2) is 29.8 Å². The van der Waals surface area contributed by atoms with Crippen LogP contribution in [0.3, 0.4) is 0 Å². The Morgan fingerprint density at radius 1 is 1.19 bits per heavy atom. The first-order valence-electron chi connectivity index (χ1n) is 7.23. The van der Waals surface area contributed by atoms with E-state index in [1.54, 1.807) is 0 Å². The lowest BCUT2D eigenvalue weighted by molar-refractivity contribution is -0.137. The van der Waals surface area contributed by atoms with Gasteiger partial charge in [-0.1, -0.05) is 55.4 Å². The largest absolute Gasteiger partial charge is 0.462 e. The molecule has 2 nitrogen and oxygen atoms in total. The number of carbonyl (C=O) groups is 1. The van der Waals surface area contributed by atoms with Crippen LogP contribution in [0.2, 0.25) is 19.6 Å². The first-order chi connectivity index (χ1) is 9.74. The van der Waals surface area contributed by atoms with Crippen molar-refractivity contribution >= 4 is 19.6 Å². The van der Waals surface area contributed by atoms with Crippen molar-refractivity contribution in [2.75, 3.05) is 6.61 Å². The Labute approximate surface area is 129 Å². The lowest BCUT2D eigenvalue weighted by atomic mass is 10.0. The van der Waals surface area contributed by atoms with Gasteiger partial charge < -0.3 is 4.74 Å². The Hall–Kier alpha value is -1.79. The fourth-order valence-electron chi connectivity index (χ4n) is 1.70. The van der Waals surface area contributed by atoms with E-state index in [0.717, 1.165) is 11.1 Å². The summed E-state index contributed by atoms with van der Waals surface area (Å²) in [5, 5.41) is 0. The smallest absolute Gasteiger partial charge is 0.346 e. The second-order valence-electron chi connectivity index (χ2n) is 6.09. The van der Waals surface area contributed by atoms with Gasteiger partial charge in [-0.05, 0) is 31.9 Å². The summed E-state index contributed by atoms with van der Waals surface area (Å²) in [5.41, 5.74) is 6.80. The Balaban J connectivity index is 3.32. The lowest BCUT2D eigenvalue weighted by Gasteiger charge is -2.09. The third-order valence-electron chi connectivity index (χ3n) is 2.90. The minimum atomic E-state index is -1.55. The van der Waals surface area contributed by atoms with Crippen molar-refractivity contribution in [1.82, 2.24) is 0 Å². The van der Waals surface area contributed by atoms with Crippen molar-refractivity contribution in [2.45, 2.75) is 40.4 Å². The van der Waals surface area contributed by atoms with Crippen LogP contribution in [0.1, 0.15) is 25.0 Å². The number of benzene rings is 1. The number of hydrogen-bond acceptors (Lipinski definition) is 2. The molecule has 112 valence electrons. The van der Waals surface area contributed by atoms with Crippen LogP contribution in [-0.2, 0) is 9.53 Å². The molecular weight excluding hydrogens is 276 g/mol. The fraction of sp³-hybridized carbons (Fsp3) is 0.389. The molecule has 0 heterocycles. The monoisotopic (exact) mass is 300 g/mol. The molecule has 0 aliphatic carbocycles. The zero-order valence-electron chi connectivity index (χ0n) is 13.8. The molecule has 0 atom stereocenters. The maximum Gasteiger partial charge on any atom is 0.346 e. The average molecular weight is 300 g/mol. The van der Waals surface area contributed by atoms with Gasteiger partial charge in [0.2, 0.25) is 0 Å². The summed E-state index contributed by atoms with van der Waals surface area (Å²) >= 11 is 0. The molecule has 1 rings (SSSR count). The molecule has 0 spiro atoms. The Bertz CT molecular complexity index is 593. The van der Waals surface area contributed by atoms with Crippen molar-refractivity contribution in [3.63, 3.8) is 0 Å². The fourth-order valence-corrected chi connectivity index (χ4v) is 2.20. The molecule has 1 aromatic carbocycles. The van der Waals surface area contributed by atoms with Gasteiger partial charge in [0.05, 0.1) is 6.61 Å². The highest BCUT2D eigenvalue weighted by atomic mass is 28.3. The van der Waals surface area contributed by atoms with E-state index >= 15 is 0 Å². The summed E-state index contributed by atoms with van der Waals surface area (Å²) in [6.07, 6.45) is 0. The van der Waals surface area contributed by atoms with E-state index in [1.165, 1.54) is 5.56 Å². The van der Waals surface area contributed by atoms with Gasteiger partial charge >= 0.3 is 5.97 Å². The van der Waals surface area contributed by atoms with Gasteiger partial charge in [0, 0.05) is 0 Å². The molecule has 0 N–H and O–H groups in total. The van der Waals surface area contributed by atoms with Gasteiger partial charge in [0.25, 0.3) is 0 Å². The molecule has 0 saturated carbocycles. The number of ether oxygens (including phenoxy) is 1. The molecule has 0 aromatic heterocycles. The van der Waals surface area contributed by atoms with Crippen LogP contribution in [0.5, 0.6) is 0 Å². The zero-order valence-corrected chi connectivity index (χ0v) is 14.8. The zero-order chi connectivity index (χ0) is 16.0. The van der Waals surface area contributed by atoms with Crippen molar-refractivity contribution in [2.24, 2.45) is 0 Å². The maximum absolute atomic E-state index is 12.2. The normalized spacial score (nSPS) is 12.1. The minimum Gasteiger partial charge on any atom is -0.462 e. The molecule has 0 radical (unpaired) electrons. The van der Waals surface area contributed by atoms with Crippen LogP contribution < -0.4 is 0 Å².